The van der Waals surface area contributed by atoms with Crippen molar-refractivity contribution in [3.8, 4) is 11.4 Å². The van der Waals surface area contributed by atoms with Crippen LogP contribution in [0.25, 0.3) is 11.4 Å². The van der Waals surface area contributed by atoms with Gasteiger partial charge >= 0.3 is 0 Å². The zero-order valence-electron chi connectivity index (χ0n) is 10.9. The van der Waals surface area contributed by atoms with Gasteiger partial charge in [0.15, 0.2) is 0 Å². The topological polar surface area (TPSA) is 59.2 Å². The van der Waals surface area contributed by atoms with E-state index in [9.17, 15) is 4.79 Å². The van der Waals surface area contributed by atoms with Crippen LogP contribution >= 0.6 is 11.6 Å². The summed E-state index contributed by atoms with van der Waals surface area (Å²) in [6.45, 7) is 1.75. The molecule has 1 aliphatic rings. The molecule has 2 heterocycles. The number of carbonyl (C=O) groups is 1. The van der Waals surface area contributed by atoms with E-state index in [1.165, 1.54) is 0 Å². The molecule has 2 aromatic rings. The smallest absolute Gasteiger partial charge is 0.227 e. The van der Waals surface area contributed by atoms with Crippen LogP contribution in [0.4, 0.5) is 0 Å². The van der Waals surface area contributed by atoms with Crippen molar-refractivity contribution in [2.24, 2.45) is 0 Å². The third-order valence-corrected chi connectivity index (χ3v) is 3.58. The van der Waals surface area contributed by atoms with Crippen molar-refractivity contribution in [3.63, 3.8) is 0 Å². The van der Waals surface area contributed by atoms with Crippen LogP contribution < -0.4 is 0 Å². The van der Waals surface area contributed by atoms with Gasteiger partial charge in [-0.25, -0.2) is 0 Å². The van der Waals surface area contributed by atoms with Crippen molar-refractivity contribution >= 4 is 17.5 Å². The van der Waals surface area contributed by atoms with Crippen LogP contribution in [0.3, 0.4) is 0 Å². The Morgan fingerprint density at radius 3 is 2.70 bits per heavy atom. The quantitative estimate of drug-likeness (QED) is 0.868. The summed E-state index contributed by atoms with van der Waals surface area (Å²) in [6.07, 6.45) is 2.01. The largest absolute Gasteiger partial charge is 0.343 e. The van der Waals surface area contributed by atoms with Crippen molar-refractivity contribution in [1.82, 2.24) is 15.0 Å². The van der Waals surface area contributed by atoms with Crippen molar-refractivity contribution in [2.75, 3.05) is 13.1 Å². The molecule has 20 heavy (non-hydrogen) atoms. The number of benzene rings is 1. The molecule has 1 aliphatic heterocycles. The zero-order chi connectivity index (χ0) is 13.9. The summed E-state index contributed by atoms with van der Waals surface area (Å²) in [5, 5.41) is 4.58. The van der Waals surface area contributed by atoms with E-state index < -0.39 is 0 Å². The van der Waals surface area contributed by atoms with Crippen LogP contribution in [0.2, 0.25) is 5.02 Å². The highest BCUT2D eigenvalue weighted by atomic mass is 35.5. The maximum atomic E-state index is 11.7. The van der Waals surface area contributed by atoms with E-state index in [-0.39, 0.29) is 5.91 Å². The standard InChI is InChI=1S/C14H14ClN3O2/c15-11-4-2-10(3-5-11)14-16-12(20-17-14)6-7-13(19)18-8-1-9-18/h2-5H,1,6-9H2. The van der Waals surface area contributed by atoms with Crippen LogP contribution in [-0.2, 0) is 11.2 Å². The highest BCUT2D eigenvalue weighted by molar-refractivity contribution is 6.30. The van der Waals surface area contributed by atoms with Gasteiger partial charge in [0.05, 0.1) is 0 Å². The van der Waals surface area contributed by atoms with Gasteiger partial charge in [0.1, 0.15) is 0 Å². The molecule has 1 aromatic carbocycles. The zero-order valence-corrected chi connectivity index (χ0v) is 11.6. The second kappa shape index (κ2) is 5.63. The highest BCUT2D eigenvalue weighted by Gasteiger charge is 2.20. The number of aryl methyl sites for hydroxylation is 1. The fraction of sp³-hybridized carbons (Fsp3) is 0.357. The van der Waals surface area contributed by atoms with E-state index in [2.05, 4.69) is 10.1 Å². The predicted molar refractivity (Wildman–Crippen MR) is 74.3 cm³/mol. The van der Waals surface area contributed by atoms with E-state index in [0.29, 0.717) is 29.6 Å². The average molecular weight is 292 g/mol. The summed E-state index contributed by atoms with van der Waals surface area (Å²) < 4.78 is 5.17. The van der Waals surface area contributed by atoms with Gasteiger partial charge in [0.2, 0.25) is 17.6 Å². The molecule has 1 saturated heterocycles. The number of likely N-dealkylation sites (tertiary alicyclic amines) is 1. The molecule has 0 unspecified atom stereocenters. The van der Waals surface area contributed by atoms with Gasteiger partial charge in [-0.15, -0.1) is 0 Å². The number of carbonyl (C=O) groups excluding carboxylic acids is 1. The van der Waals surface area contributed by atoms with Crippen molar-refractivity contribution in [3.05, 3.63) is 35.2 Å². The minimum atomic E-state index is 0.155. The van der Waals surface area contributed by atoms with Gasteiger partial charge in [-0.2, -0.15) is 4.98 Å². The Hall–Kier alpha value is -1.88. The molecule has 1 amide bonds. The number of amides is 1. The molecule has 104 valence electrons. The van der Waals surface area contributed by atoms with Crippen LogP contribution in [0.5, 0.6) is 0 Å². The minimum absolute atomic E-state index is 0.155. The Balaban J connectivity index is 1.61. The first-order valence-electron chi connectivity index (χ1n) is 6.59. The van der Waals surface area contributed by atoms with Gasteiger partial charge < -0.3 is 9.42 Å². The minimum Gasteiger partial charge on any atom is -0.343 e. The highest BCUT2D eigenvalue weighted by Crippen LogP contribution is 2.19. The fourth-order valence-corrected chi connectivity index (χ4v) is 2.14. The molecule has 5 nitrogen and oxygen atoms in total. The van der Waals surface area contributed by atoms with E-state index in [1.807, 2.05) is 17.0 Å². The van der Waals surface area contributed by atoms with Crippen molar-refractivity contribution < 1.29 is 9.32 Å². The first kappa shape index (κ1) is 13.1. The third kappa shape index (κ3) is 2.82. The second-order valence-electron chi connectivity index (χ2n) is 4.75. The molecule has 0 N–H and O–H groups in total. The van der Waals surface area contributed by atoms with Gasteiger partial charge in [-0.05, 0) is 30.7 Å². The summed E-state index contributed by atoms with van der Waals surface area (Å²) in [7, 11) is 0. The lowest BCUT2D eigenvalue weighted by Gasteiger charge is -2.30. The maximum absolute atomic E-state index is 11.7. The van der Waals surface area contributed by atoms with Gasteiger partial charge in [-0.1, -0.05) is 16.8 Å². The summed E-state index contributed by atoms with van der Waals surface area (Å²) >= 11 is 5.83. The SMILES string of the molecule is O=C(CCc1nc(-c2ccc(Cl)cc2)no1)N1CCC1. The third-order valence-electron chi connectivity index (χ3n) is 3.33. The molecule has 0 saturated carbocycles. The van der Waals surface area contributed by atoms with Crippen LogP contribution in [0.15, 0.2) is 28.8 Å². The molecule has 0 bridgehead atoms. The Bertz CT molecular complexity index is 605. The van der Waals surface area contributed by atoms with Gasteiger partial charge in [0, 0.05) is 36.5 Å². The second-order valence-corrected chi connectivity index (χ2v) is 5.19. The average Bonchev–Trinajstić information content (AvgIpc) is 2.84. The molecule has 0 atom stereocenters. The van der Waals surface area contributed by atoms with Gasteiger partial charge in [0.25, 0.3) is 0 Å². The summed E-state index contributed by atoms with van der Waals surface area (Å²) in [4.78, 5) is 17.9. The van der Waals surface area contributed by atoms with Crippen LogP contribution in [0, 0.1) is 0 Å². The number of halogens is 1. The monoisotopic (exact) mass is 291 g/mol. The summed E-state index contributed by atoms with van der Waals surface area (Å²) in [5.41, 5.74) is 0.846. The van der Waals surface area contributed by atoms with Crippen LogP contribution in [-0.4, -0.2) is 34.0 Å². The molecule has 1 fully saturated rings. The molecule has 6 heteroatoms. The Morgan fingerprint density at radius 1 is 1.30 bits per heavy atom. The molecule has 3 rings (SSSR count). The number of rotatable bonds is 4. The lowest BCUT2D eigenvalue weighted by molar-refractivity contribution is -0.134. The van der Waals surface area contributed by atoms with Crippen molar-refractivity contribution in [2.45, 2.75) is 19.3 Å². The van der Waals surface area contributed by atoms with E-state index in [1.54, 1.807) is 12.1 Å². The molecule has 0 radical (unpaired) electrons. The number of nitrogens with zero attached hydrogens (tertiary/aromatic N) is 3. The fourth-order valence-electron chi connectivity index (χ4n) is 2.01. The predicted octanol–water partition coefficient (Wildman–Crippen LogP) is 2.55. The van der Waals surface area contributed by atoms with Gasteiger partial charge in [-0.3, -0.25) is 4.79 Å². The lowest BCUT2D eigenvalue weighted by atomic mass is 10.2. The van der Waals surface area contributed by atoms with E-state index >= 15 is 0 Å². The molecule has 0 aliphatic carbocycles. The molecular weight excluding hydrogens is 278 g/mol. The normalized spacial score (nSPS) is 14.2. The maximum Gasteiger partial charge on any atom is 0.227 e. The first-order chi connectivity index (χ1) is 9.72. The first-order valence-corrected chi connectivity index (χ1v) is 6.96. The van der Waals surface area contributed by atoms with Crippen molar-refractivity contribution in [1.29, 1.82) is 0 Å². The lowest BCUT2D eigenvalue weighted by Crippen LogP contribution is -2.42. The Labute approximate surface area is 121 Å². The molecule has 1 aromatic heterocycles. The Kier molecular flexibility index (Phi) is 3.69. The van der Waals surface area contributed by atoms with E-state index in [4.69, 9.17) is 16.1 Å². The Morgan fingerprint density at radius 2 is 2.05 bits per heavy atom. The number of hydrogen-bond donors (Lipinski definition) is 0. The van der Waals surface area contributed by atoms with Crippen LogP contribution in [0.1, 0.15) is 18.7 Å². The number of aromatic nitrogens is 2. The van der Waals surface area contributed by atoms with E-state index in [0.717, 1.165) is 25.1 Å². The molecular formula is C14H14ClN3O2. The summed E-state index contributed by atoms with van der Waals surface area (Å²) in [6, 6.07) is 7.23. The molecule has 0 spiro atoms. The number of hydrogen-bond acceptors (Lipinski definition) is 4. The summed E-state index contributed by atoms with van der Waals surface area (Å²) in [5.74, 6) is 1.17.